The van der Waals surface area contributed by atoms with E-state index in [4.69, 9.17) is 0 Å². The van der Waals surface area contributed by atoms with E-state index in [0.717, 1.165) is 6.42 Å². The lowest BCUT2D eigenvalue weighted by Gasteiger charge is -2.25. The third-order valence-electron chi connectivity index (χ3n) is 1.50. The quantitative estimate of drug-likeness (QED) is 0.458. The average molecular weight is 254 g/mol. The number of alkyl halides is 2. The molecule has 0 bridgehead atoms. The van der Waals surface area contributed by atoms with E-state index in [9.17, 15) is 0 Å². The Kier molecular flexibility index (Phi) is 2.38. The molecule has 1 rings (SSSR count). The summed E-state index contributed by atoms with van der Waals surface area (Å²) in [6, 6.07) is 0. The first-order valence-corrected chi connectivity index (χ1v) is 4.73. The van der Waals surface area contributed by atoms with Crippen molar-refractivity contribution in [3.8, 4) is 0 Å². The normalized spacial score (nSPS) is 32.6. The van der Waals surface area contributed by atoms with Gasteiger partial charge in [-0.2, -0.15) is 0 Å². The molecule has 0 aliphatic heterocycles. The van der Waals surface area contributed by atoms with E-state index in [1.165, 1.54) is 6.42 Å². The summed E-state index contributed by atoms with van der Waals surface area (Å²) in [5.41, 5.74) is 0. The maximum Gasteiger partial charge on any atom is 0.0845 e. The van der Waals surface area contributed by atoms with Crippen LogP contribution in [0.4, 0.5) is 0 Å². The topological polar surface area (TPSA) is 0 Å². The Bertz CT molecular complexity index is 127. The molecule has 0 amide bonds. The summed E-state index contributed by atoms with van der Waals surface area (Å²) in [7, 11) is 0. The molecule has 0 heterocycles. The Hall–Kier alpha value is 0.700. The first-order valence-electron chi connectivity index (χ1n) is 3.15. The highest BCUT2D eigenvalue weighted by Crippen LogP contribution is 2.40. The zero-order valence-electron chi connectivity index (χ0n) is 5.40. The predicted molar refractivity (Wildman–Crippen MR) is 48.1 cm³/mol. The zero-order valence-corrected chi connectivity index (χ0v) is 8.57. The molecule has 2 heteroatoms. The standard InChI is InChI=1S/C7H10Br2/c1-6-3-2-4-7(8,9)5-6/h2-3,6H,4-5H2,1H3/t6-/m1/s1. The van der Waals surface area contributed by atoms with Gasteiger partial charge in [-0.3, -0.25) is 0 Å². The molecule has 9 heavy (non-hydrogen) atoms. The van der Waals surface area contributed by atoms with E-state index >= 15 is 0 Å². The second-order valence-electron chi connectivity index (χ2n) is 2.67. The van der Waals surface area contributed by atoms with Gasteiger partial charge in [0.05, 0.1) is 3.23 Å². The maximum atomic E-state index is 3.60. The number of allylic oxidation sites excluding steroid dienone is 2. The molecule has 1 aliphatic carbocycles. The van der Waals surface area contributed by atoms with Crippen LogP contribution >= 0.6 is 31.9 Å². The van der Waals surface area contributed by atoms with Crippen molar-refractivity contribution in [2.75, 3.05) is 0 Å². The molecule has 52 valence electrons. The first-order chi connectivity index (χ1) is 4.10. The Labute approximate surface area is 73.0 Å². The van der Waals surface area contributed by atoms with Gasteiger partial charge in [0, 0.05) is 0 Å². The van der Waals surface area contributed by atoms with E-state index in [1.54, 1.807) is 0 Å². The molecule has 0 aromatic rings. The maximum absolute atomic E-state index is 3.60. The number of rotatable bonds is 0. The summed E-state index contributed by atoms with van der Waals surface area (Å²) in [5.74, 6) is 0.706. The van der Waals surface area contributed by atoms with Crippen LogP contribution in [-0.2, 0) is 0 Å². The van der Waals surface area contributed by atoms with Crippen LogP contribution in [0.5, 0.6) is 0 Å². The van der Waals surface area contributed by atoms with Crippen molar-refractivity contribution in [3.63, 3.8) is 0 Å². The minimum Gasteiger partial charge on any atom is -0.0860 e. The number of hydrogen-bond donors (Lipinski definition) is 0. The molecule has 0 aromatic heterocycles. The van der Waals surface area contributed by atoms with E-state index in [-0.39, 0.29) is 3.23 Å². The van der Waals surface area contributed by atoms with Gasteiger partial charge in [-0.25, -0.2) is 0 Å². The lowest BCUT2D eigenvalue weighted by atomic mass is 9.98. The lowest BCUT2D eigenvalue weighted by Crippen LogP contribution is -2.17. The third-order valence-corrected chi connectivity index (χ3v) is 2.80. The zero-order chi connectivity index (χ0) is 6.91. The van der Waals surface area contributed by atoms with Crippen molar-refractivity contribution < 1.29 is 0 Å². The van der Waals surface area contributed by atoms with Crippen LogP contribution in [0, 0.1) is 5.92 Å². The van der Waals surface area contributed by atoms with Crippen LogP contribution in [0.3, 0.4) is 0 Å². The predicted octanol–water partition coefficient (Wildman–Crippen LogP) is 3.46. The summed E-state index contributed by atoms with van der Waals surface area (Å²) in [6.45, 7) is 2.23. The monoisotopic (exact) mass is 252 g/mol. The molecule has 0 saturated carbocycles. The minimum atomic E-state index is 0.189. The van der Waals surface area contributed by atoms with Gasteiger partial charge in [0.2, 0.25) is 0 Å². The van der Waals surface area contributed by atoms with Gasteiger partial charge in [-0.1, -0.05) is 50.9 Å². The Morgan fingerprint density at radius 3 is 2.56 bits per heavy atom. The fraction of sp³-hybridized carbons (Fsp3) is 0.714. The van der Waals surface area contributed by atoms with Gasteiger partial charge in [-0.05, 0) is 18.8 Å². The molecule has 0 radical (unpaired) electrons. The third kappa shape index (κ3) is 2.42. The van der Waals surface area contributed by atoms with Gasteiger partial charge in [0.25, 0.3) is 0 Å². The molecule has 1 aliphatic rings. The highest BCUT2D eigenvalue weighted by atomic mass is 79.9. The van der Waals surface area contributed by atoms with Crippen LogP contribution < -0.4 is 0 Å². The molecule has 0 saturated heterocycles. The van der Waals surface area contributed by atoms with Crippen molar-refractivity contribution in [3.05, 3.63) is 12.2 Å². The van der Waals surface area contributed by atoms with Gasteiger partial charge in [0.1, 0.15) is 0 Å². The molecular weight excluding hydrogens is 244 g/mol. The molecule has 0 spiro atoms. The van der Waals surface area contributed by atoms with Gasteiger partial charge in [0.15, 0.2) is 0 Å². The molecule has 0 N–H and O–H groups in total. The minimum absolute atomic E-state index is 0.189. The van der Waals surface area contributed by atoms with E-state index < -0.39 is 0 Å². The summed E-state index contributed by atoms with van der Waals surface area (Å²) >= 11 is 7.20. The number of halogens is 2. The second kappa shape index (κ2) is 2.75. The molecule has 0 aromatic carbocycles. The van der Waals surface area contributed by atoms with Crippen LogP contribution in [0.25, 0.3) is 0 Å². The highest BCUT2D eigenvalue weighted by Gasteiger charge is 2.25. The Balaban J connectivity index is 2.58. The van der Waals surface area contributed by atoms with E-state index in [2.05, 4.69) is 50.9 Å². The van der Waals surface area contributed by atoms with Crippen molar-refractivity contribution in [2.45, 2.75) is 23.0 Å². The smallest absolute Gasteiger partial charge is 0.0845 e. The summed E-state index contributed by atoms with van der Waals surface area (Å²) in [5, 5.41) is 0. The largest absolute Gasteiger partial charge is 0.0860 e. The second-order valence-corrected chi connectivity index (χ2v) is 6.77. The summed E-state index contributed by atoms with van der Waals surface area (Å²) in [4.78, 5) is 0. The van der Waals surface area contributed by atoms with E-state index in [1.807, 2.05) is 0 Å². The molecule has 0 unspecified atom stereocenters. The van der Waals surface area contributed by atoms with Crippen LogP contribution in [-0.4, -0.2) is 3.23 Å². The lowest BCUT2D eigenvalue weighted by molar-refractivity contribution is 0.582. The molecule has 0 fully saturated rings. The first kappa shape index (κ1) is 7.80. The fourth-order valence-electron chi connectivity index (χ4n) is 1.10. The van der Waals surface area contributed by atoms with Gasteiger partial charge >= 0.3 is 0 Å². The SMILES string of the molecule is C[C@@H]1C=CCC(Br)(Br)C1. The van der Waals surface area contributed by atoms with Crippen molar-refractivity contribution in [2.24, 2.45) is 5.92 Å². The van der Waals surface area contributed by atoms with Crippen molar-refractivity contribution in [1.29, 1.82) is 0 Å². The van der Waals surface area contributed by atoms with Crippen molar-refractivity contribution >= 4 is 31.9 Å². The molecule has 1 atom stereocenters. The molecule has 0 nitrogen and oxygen atoms in total. The van der Waals surface area contributed by atoms with Gasteiger partial charge < -0.3 is 0 Å². The van der Waals surface area contributed by atoms with Gasteiger partial charge in [-0.15, -0.1) is 0 Å². The van der Waals surface area contributed by atoms with Crippen LogP contribution in [0.2, 0.25) is 0 Å². The van der Waals surface area contributed by atoms with Crippen LogP contribution in [0.1, 0.15) is 19.8 Å². The fourth-order valence-corrected chi connectivity index (χ4v) is 2.49. The average Bonchev–Trinajstić information content (AvgIpc) is 1.60. The Morgan fingerprint density at radius 1 is 1.56 bits per heavy atom. The van der Waals surface area contributed by atoms with Crippen molar-refractivity contribution in [1.82, 2.24) is 0 Å². The summed E-state index contributed by atoms with van der Waals surface area (Å²) < 4.78 is 0.189. The number of hydrogen-bond acceptors (Lipinski definition) is 0. The Morgan fingerprint density at radius 2 is 2.22 bits per heavy atom. The summed E-state index contributed by atoms with van der Waals surface area (Å²) in [6.07, 6.45) is 6.76. The van der Waals surface area contributed by atoms with E-state index in [0.29, 0.717) is 5.92 Å². The van der Waals surface area contributed by atoms with Crippen LogP contribution in [0.15, 0.2) is 12.2 Å². The molecular formula is C7H10Br2. The highest BCUT2D eigenvalue weighted by molar-refractivity contribution is 9.25.